The van der Waals surface area contributed by atoms with E-state index in [0.717, 1.165) is 89.5 Å². The van der Waals surface area contributed by atoms with Gasteiger partial charge in [0.1, 0.15) is 0 Å². The Morgan fingerprint density at radius 3 is 0.594 bits per heavy atom. The molecule has 0 saturated carbocycles. The van der Waals surface area contributed by atoms with Gasteiger partial charge in [-0.25, -0.2) is 0 Å². The molecule has 4 nitrogen and oxygen atoms in total. The van der Waals surface area contributed by atoms with Crippen molar-refractivity contribution in [1.29, 1.82) is 0 Å². The van der Waals surface area contributed by atoms with Crippen LogP contribution in [0.2, 0.25) is 0 Å². The predicted molar refractivity (Wildman–Crippen MR) is 252 cm³/mol. The maximum Gasteiger partial charge on any atom is 0.0887 e. The zero-order chi connectivity index (χ0) is 43.2. The molecule has 1 aliphatic carbocycles. The van der Waals surface area contributed by atoms with Crippen LogP contribution in [0.4, 0.5) is 0 Å². The van der Waals surface area contributed by atoms with Crippen LogP contribution in [0, 0.1) is 94.7 Å². The van der Waals surface area contributed by atoms with Gasteiger partial charge in [0, 0.05) is 91.5 Å². The Morgan fingerprint density at radius 1 is 0.203 bits per heavy atom. The predicted octanol–water partition coefficient (Wildman–Crippen LogP) is 9.32. The molecule has 15 rings (SSSR count). The number of pyridine rings is 4. The van der Waals surface area contributed by atoms with E-state index in [1.807, 2.05) is 146 Å². The third-order valence-corrected chi connectivity index (χ3v) is 9.57. The molecule has 4 aromatic heterocycles. The second-order valence-electron chi connectivity index (χ2n) is 13.9. The first kappa shape index (κ1) is 39.4. The van der Waals surface area contributed by atoms with Gasteiger partial charge in [-0.3, -0.25) is 19.9 Å². The van der Waals surface area contributed by atoms with Gasteiger partial charge in [-0.1, -0.05) is 120 Å². The lowest BCUT2D eigenvalue weighted by molar-refractivity contribution is 1.24. The first-order chi connectivity index (χ1) is 31.7. The maximum absolute atomic E-state index is 4.63. The highest BCUT2D eigenvalue weighted by Gasteiger charge is 2.04. The van der Waals surface area contributed by atoms with Gasteiger partial charge in [-0.2, -0.15) is 0 Å². The second kappa shape index (κ2) is 19.4. The van der Waals surface area contributed by atoms with Gasteiger partial charge in [-0.05, 0) is 121 Å². The topological polar surface area (TPSA) is 51.6 Å². The molecule has 64 heavy (non-hydrogen) atoms. The van der Waals surface area contributed by atoms with Crippen LogP contribution >= 0.6 is 0 Å². The molecule has 288 valence electrons. The molecule has 0 fully saturated rings. The molecule has 0 saturated heterocycles. The van der Waals surface area contributed by atoms with Gasteiger partial charge in [0.2, 0.25) is 0 Å². The van der Waals surface area contributed by atoms with E-state index in [4.69, 9.17) is 0 Å². The summed E-state index contributed by atoms with van der Waals surface area (Å²) >= 11 is 0. The molecule has 4 aromatic carbocycles. The normalized spacial score (nSPS) is 10.5. The summed E-state index contributed by atoms with van der Waals surface area (Å²) in [7, 11) is 0. The fraction of sp³-hybridized carbons (Fsp3) is 0. The molecular weight excluding hydrogens is 777 g/mol. The maximum atomic E-state index is 4.63. The highest BCUT2D eigenvalue weighted by molar-refractivity contribution is 5.62. The summed E-state index contributed by atoms with van der Waals surface area (Å²) in [4.78, 5) is 18.5. The Bertz CT molecular complexity index is 3130. The van der Waals surface area contributed by atoms with Gasteiger partial charge in [0.15, 0.2) is 0 Å². The lowest BCUT2D eigenvalue weighted by Crippen LogP contribution is -1.89. The van der Waals surface area contributed by atoms with E-state index in [9.17, 15) is 0 Å². The molecule has 4 heteroatoms. The average molecular weight is 805 g/mol. The van der Waals surface area contributed by atoms with Crippen molar-refractivity contribution in [1.82, 2.24) is 19.9 Å². The Hall–Kier alpha value is -10.0. The van der Waals surface area contributed by atoms with Gasteiger partial charge < -0.3 is 0 Å². The van der Waals surface area contributed by atoms with Crippen molar-refractivity contribution in [2.75, 3.05) is 0 Å². The van der Waals surface area contributed by atoms with E-state index in [-0.39, 0.29) is 0 Å². The number of nitrogens with zero attached hydrogens (tertiary/aromatic N) is 4. The Balaban J connectivity index is 1.04. The van der Waals surface area contributed by atoms with E-state index in [1.165, 1.54) is 0 Å². The zero-order valence-electron chi connectivity index (χ0n) is 34.0. The average Bonchev–Trinajstić information content (AvgIpc) is 3.35. The number of hydrogen-bond acceptors (Lipinski definition) is 4. The Kier molecular flexibility index (Phi) is 11.9. The summed E-state index contributed by atoms with van der Waals surface area (Å²) in [6.45, 7) is 0. The molecule has 0 spiro atoms. The molecule has 0 unspecified atom stereocenters. The molecule has 6 aliphatic heterocycles. The van der Waals surface area contributed by atoms with Crippen molar-refractivity contribution in [3.8, 4) is 118 Å². The quantitative estimate of drug-likeness (QED) is 0.144. The smallest absolute Gasteiger partial charge is 0.0887 e. The molecule has 0 amide bonds. The van der Waals surface area contributed by atoms with Crippen LogP contribution in [0.15, 0.2) is 170 Å². The highest BCUT2D eigenvalue weighted by Crippen LogP contribution is 2.17. The van der Waals surface area contributed by atoms with Crippen molar-refractivity contribution in [3.63, 3.8) is 0 Å². The number of rotatable bonds is 0. The molecule has 0 N–H and O–H groups in total. The van der Waals surface area contributed by atoms with Crippen LogP contribution in [-0.2, 0) is 0 Å². The van der Waals surface area contributed by atoms with Crippen molar-refractivity contribution in [2.24, 2.45) is 0 Å². The number of aromatic nitrogens is 4. The standard InChI is InChI=1S/C60H28N4/c1-2-14-50-18-6-10-22-54(50)34-26-46-30-38-58(62-42-46)60-40-32-48(44-64-60)28-36-56-24-12-8-20-52(56)16-4-3-15-51-19-7-11-23-55(51)35-27-47-31-39-59(63-43-47)57-37-29-45(41-61-57)25-33-53-21-9-5-17-49(53)13-1/h5-12,17-24,29-32,37-44H. The monoisotopic (exact) mass is 804 g/mol. The van der Waals surface area contributed by atoms with E-state index in [2.05, 4.69) is 115 Å². The van der Waals surface area contributed by atoms with Crippen LogP contribution in [0.3, 0.4) is 0 Å². The first-order valence-corrected chi connectivity index (χ1v) is 20.0. The van der Waals surface area contributed by atoms with E-state index < -0.39 is 0 Å². The Morgan fingerprint density at radius 2 is 0.406 bits per heavy atom. The van der Waals surface area contributed by atoms with E-state index in [0.29, 0.717) is 0 Å². The SMILES string of the molecule is C1#Cc2ccccc2C#Cc2ccc(nc2)-c2ccc(cn2)C#Cc2ccccc2C#CC#Cc2ccccc2C#Cc2ccc(nc2)-c2ccc(cn2)C#Cc2ccccc2C#C1. The summed E-state index contributed by atoms with van der Waals surface area (Å²) in [6, 6.07) is 46.3. The summed E-state index contributed by atoms with van der Waals surface area (Å²) in [5.41, 5.74) is 12.3. The summed E-state index contributed by atoms with van der Waals surface area (Å²) in [5, 5.41) is 0. The van der Waals surface area contributed by atoms with Crippen LogP contribution in [0.1, 0.15) is 66.8 Å². The van der Waals surface area contributed by atoms with Gasteiger partial charge in [-0.15, -0.1) is 0 Å². The van der Waals surface area contributed by atoms with Crippen LogP contribution in [0.5, 0.6) is 0 Å². The molecule has 8 bridgehead atoms. The molecule has 0 radical (unpaired) electrons. The van der Waals surface area contributed by atoms with E-state index >= 15 is 0 Å². The largest absolute Gasteiger partial charge is 0.253 e. The lowest BCUT2D eigenvalue weighted by Gasteiger charge is -2.00. The number of benzene rings is 4. The second-order valence-corrected chi connectivity index (χ2v) is 13.9. The third-order valence-electron chi connectivity index (χ3n) is 9.57. The first-order valence-electron chi connectivity index (χ1n) is 20.0. The molecule has 10 heterocycles. The lowest BCUT2D eigenvalue weighted by atomic mass is 10.1. The minimum absolute atomic E-state index is 0.728. The summed E-state index contributed by atoms with van der Waals surface area (Å²) in [6.07, 6.45) is 6.97. The third kappa shape index (κ3) is 10.0. The van der Waals surface area contributed by atoms with Gasteiger partial charge >= 0.3 is 0 Å². The molecular formula is C60H28N4. The van der Waals surface area contributed by atoms with Crippen molar-refractivity contribution >= 4 is 0 Å². The van der Waals surface area contributed by atoms with Crippen molar-refractivity contribution in [2.45, 2.75) is 0 Å². The summed E-state index contributed by atoms with van der Waals surface area (Å²) < 4.78 is 0. The summed E-state index contributed by atoms with van der Waals surface area (Å²) in [5.74, 6) is 50.6. The molecule has 0 atom stereocenters. The van der Waals surface area contributed by atoms with Crippen LogP contribution in [0.25, 0.3) is 22.8 Å². The van der Waals surface area contributed by atoms with Gasteiger partial charge in [0.25, 0.3) is 0 Å². The van der Waals surface area contributed by atoms with Crippen molar-refractivity contribution < 1.29 is 0 Å². The van der Waals surface area contributed by atoms with Crippen LogP contribution < -0.4 is 0 Å². The number of hydrogen-bond donors (Lipinski definition) is 0. The minimum Gasteiger partial charge on any atom is -0.253 e. The van der Waals surface area contributed by atoms with Crippen molar-refractivity contribution in [3.05, 3.63) is 237 Å². The zero-order valence-corrected chi connectivity index (χ0v) is 34.0. The van der Waals surface area contributed by atoms with Gasteiger partial charge in [0.05, 0.1) is 22.8 Å². The Labute approximate surface area is 373 Å². The fourth-order valence-corrected chi connectivity index (χ4v) is 6.23. The van der Waals surface area contributed by atoms with E-state index in [1.54, 1.807) is 24.8 Å². The van der Waals surface area contributed by atoms with Crippen LogP contribution in [-0.4, -0.2) is 19.9 Å². The minimum atomic E-state index is 0.728. The highest BCUT2D eigenvalue weighted by atomic mass is 14.8. The molecule has 7 aliphatic rings. The molecule has 8 aromatic rings. The fourth-order valence-electron chi connectivity index (χ4n) is 6.23.